The molecule has 0 aromatic heterocycles. The maximum absolute atomic E-state index is 3.44. The molecule has 1 heterocycles. The topological polar surface area (TPSA) is 24.1 Å². The third kappa shape index (κ3) is 3.66. The van der Waals surface area contributed by atoms with E-state index in [1.165, 1.54) is 22.5 Å². The van der Waals surface area contributed by atoms with E-state index in [9.17, 15) is 0 Å². The Balaban J connectivity index is 1.78. The van der Waals surface area contributed by atoms with E-state index in [1.54, 1.807) is 0 Å². The van der Waals surface area contributed by atoms with Crippen molar-refractivity contribution in [1.29, 1.82) is 0 Å². The molecule has 0 amide bonds. The Morgan fingerprint density at radius 3 is 2.53 bits per heavy atom. The van der Waals surface area contributed by atoms with Crippen molar-refractivity contribution in [3.8, 4) is 0 Å². The summed E-state index contributed by atoms with van der Waals surface area (Å²) in [6, 6.07) is 8.53. The van der Waals surface area contributed by atoms with Gasteiger partial charge < -0.3 is 10.6 Å². The van der Waals surface area contributed by atoms with Crippen LogP contribution in [-0.4, -0.2) is 13.1 Å². The quantitative estimate of drug-likeness (QED) is 0.826. The molecule has 1 aromatic carbocycles. The average molecular weight is 228 g/mol. The van der Waals surface area contributed by atoms with Crippen molar-refractivity contribution >= 4 is 5.69 Å². The van der Waals surface area contributed by atoms with Crippen LogP contribution in [0.1, 0.15) is 18.9 Å². The summed E-state index contributed by atoms with van der Waals surface area (Å²) < 4.78 is 0. The van der Waals surface area contributed by atoms with Crippen LogP contribution in [0.3, 0.4) is 0 Å². The molecule has 1 aliphatic rings. The Labute approximate surface area is 103 Å². The van der Waals surface area contributed by atoms with E-state index in [0.29, 0.717) is 0 Å². The van der Waals surface area contributed by atoms with Gasteiger partial charge in [-0.3, -0.25) is 0 Å². The fourth-order valence-corrected chi connectivity index (χ4v) is 1.82. The molecule has 0 aliphatic carbocycles. The van der Waals surface area contributed by atoms with Crippen LogP contribution in [0.25, 0.3) is 0 Å². The molecule has 1 aromatic rings. The summed E-state index contributed by atoms with van der Waals surface area (Å²) in [5.74, 6) is 0. The predicted molar refractivity (Wildman–Crippen MR) is 74.1 cm³/mol. The summed E-state index contributed by atoms with van der Waals surface area (Å²) in [6.07, 6.45) is 5.46. The molecule has 2 heteroatoms. The summed E-state index contributed by atoms with van der Waals surface area (Å²) in [5, 5.41) is 6.79. The van der Waals surface area contributed by atoms with Gasteiger partial charge in [0.05, 0.1) is 0 Å². The zero-order chi connectivity index (χ0) is 12.1. The third-order valence-corrected chi connectivity index (χ3v) is 2.99. The fraction of sp³-hybridized carbons (Fsp3) is 0.333. The highest BCUT2D eigenvalue weighted by Gasteiger charge is 2.01. The van der Waals surface area contributed by atoms with Crippen LogP contribution in [0, 0.1) is 6.92 Å². The largest absolute Gasteiger partial charge is 0.385 e. The lowest BCUT2D eigenvalue weighted by Gasteiger charge is -2.15. The molecule has 90 valence electrons. The number of aryl methyl sites for hydroxylation is 1. The number of nitrogens with one attached hydrogen (secondary N) is 2. The van der Waals surface area contributed by atoms with E-state index >= 15 is 0 Å². The lowest BCUT2D eigenvalue weighted by atomic mass is 10.1. The highest BCUT2D eigenvalue weighted by Crippen LogP contribution is 2.11. The van der Waals surface area contributed by atoms with Crippen molar-refractivity contribution in [3.05, 3.63) is 53.3 Å². The van der Waals surface area contributed by atoms with Crippen molar-refractivity contribution in [2.75, 3.05) is 18.4 Å². The Morgan fingerprint density at radius 1 is 1.12 bits per heavy atom. The van der Waals surface area contributed by atoms with Gasteiger partial charge in [-0.25, -0.2) is 0 Å². The van der Waals surface area contributed by atoms with E-state index in [-0.39, 0.29) is 0 Å². The monoisotopic (exact) mass is 228 g/mol. The molecular formula is C15H20N2. The minimum Gasteiger partial charge on any atom is -0.385 e. The zero-order valence-corrected chi connectivity index (χ0v) is 10.6. The fourth-order valence-electron chi connectivity index (χ4n) is 1.82. The number of hydrogen-bond acceptors (Lipinski definition) is 2. The minimum absolute atomic E-state index is 0.984. The first kappa shape index (κ1) is 11.8. The van der Waals surface area contributed by atoms with Crippen LogP contribution < -0.4 is 10.6 Å². The number of allylic oxidation sites excluding steroid dienone is 3. The molecule has 0 unspecified atom stereocenters. The van der Waals surface area contributed by atoms with Gasteiger partial charge in [0, 0.05) is 24.5 Å². The number of rotatable bonds is 4. The molecule has 0 fully saturated rings. The van der Waals surface area contributed by atoms with Crippen LogP contribution in [0.5, 0.6) is 0 Å². The van der Waals surface area contributed by atoms with Crippen LogP contribution >= 0.6 is 0 Å². The smallest absolute Gasteiger partial charge is 0.0360 e. The second kappa shape index (κ2) is 5.58. The van der Waals surface area contributed by atoms with Crippen molar-refractivity contribution in [1.82, 2.24) is 5.32 Å². The normalized spacial score (nSPS) is 14.7. The van der Waals surface area contributed by atoms with Gasteiger partial charge in [0.1, 0.15) is 0 Å². The van der Waals surface area contributed by atoms with Gasteiger partial charge in [0.2, 0.25) is 0 Å². The third-order valence-electron chi connectivity index (χ3n) is 2.99. The van der Waals surface area contributed by atoms with Gasteiger partial charge >= 0.3 is 0 Å². The Hall–Kier alpha value is -1.70. The van der Waals surface area contributed by atoms with E-state index < -0.39 is 0 Å². The second-order valence-corrected chi connectivity index (χ2v) is 4.57. The van der Waals surface area contributed by atoms with Crippen molar-refractivity contribution in [3.63, 3.8) is 0 Å². The summed E-state index contributed by atoms with van der Waals surface area (Å²) in [4.78, 5) is 0. The zero-order valence-electron chi connectivity index (χ0n) is 10.6. The summed E-state index contributed by atoms with van der Waals surface area (Å²) in [5.41, 5.74) is 5.21. The maximum Gasteiger partial charge on any atom is 0.0360 e. The molecule has 1 aliphatic heterocycles. The molecule has 2 N–H and O–H groups in total. The average Bonchev–Trinajstić information content (AvgIpc) is 2.34. The standard InChI is InChI=1S/C15H20N2/c1-12-3-7-15(8-4-12)16-10-9-14-6-5-13(2)17-11-14/h3-8,16-17H,9-11H2,1-2H3. The molecule has 0 radical (unpaired) electrons. The number of hydrogen-bond donors (Lipinski definition) is 2. The van der Waals surface area contributed by atoms with Crippen molar-refractivity contribution in [2.45, 2.75) is 20.3 Å². The minimum atomic E-state index is 0.984. The van der Waals surface area contributed by atoms with Crippen LogP contribution in [0.15, 0.2) is 47.7 Å². The molecular weight excluding hydrogens is 208 g/mol. The van der Waals surface area contributed by atoms with Crippen LogP contribution in [-0.2, 0) is 0 Å². The number of benzene rings is 1. The van der Waals surface area contributed by atoms with E-state index in [4.69, 9.17) is 0 Å². The first-order valence-corrected chi connectivity index (χ1v) is 6.15. The molecule has 2 rings (SSSR count). The number of dihydropyridines is 1. The first-order valence-electron chi connectivity index (χ1n) is 6.15. The molecule has 0 atom stereocenters. The highest BCUT2D eigenvalue weighted by molar-refractivity contribution is 5.44. The maximum atomic E-state index is 3.44. The molecule has 0 saturated carbocycles. The Bertz CT molecular complexity index is 427. The van der Waals surface area contributed by atoms with Gasteiger partial charge in [-0.1, -0.05) is 23.8 Å². The molecule has 0 bridgehead atoms. The molecule has 0 spiro atoms. The summed E-state index contributed by atoms with van der Waals surface area (Å²) in [7, 11) is 0. The van der Waals surface area contributed by atoms with Gasteiger partial charge in [-0.05, 0) is 44.1 Å². The second-order valence-electron chi connectivity index (χ2n) is 4.57. The Kier molecular flexibility index (Phi) is 3.86. The van der Waals surface area contributed by atoms with E-state index in [2.05, 4.69) is 60.9 Å². The molecule has 2 nitrogen and oxygen atoms in total. The van der Waals surface area contributed by atoms with E-state index in [0.717, 1.165) is 19.5 Å². The van der Waals surface area contributed by atoms with Gasteiger partial charge in [0.15, 0.2) is 0 Å². The molecule has 0 saturated heterocycles. The van der Waals surface area contributed by atoms with Gasteiger partial charge in [0.25, 0.3) is 0 Å². The van der Waals surface area contributed by atoms with Gasteiger partial charge in [-0.2, -0.15) is 0 Å². The van der Waals surface area contributed by atoms with Crippen molar-refractivity contribution in [2.24, 2.45) is 0 Å². The summed E-state index contributed by atoms with van der Waals surface area (Å²) >= 11 is 0. The highest BCUT2D eigenvalue weighted by atomic mass is 14.9. The molecule has 17 heavy (non-hydrogen) atoms. The number of anilines is 1. The first-order chi connectivity index (χ1) is 8.24. The Morgan fingerprint density at radius 2 is 1.88 bits per heavy atom. The lowest BCUT2D eigenvalue weighted by Crippen LogP contribution is -2.19. The van der Waals surface area contributed by atoms with Crippen LogP contribution in [0.2, 0.25) is 0 Å². The SMILES string of the molecule is CC1=CC=C(CCNc2ccc(C)cc2)CN1. The van der Waals surface area contributed by atoms with Crippen LogP contribution in [0.4, 0.5) is 5.69 Å². The predicted octanol–water partition coefficient (Wildman–Crippen LogP) is 3.23. The van der Waals surface area contributed by atoms with Crippen molar-refractivity contribution < 1.29 is 0 Å². The summed E-state index contributed by atoms with van der Waals surface area (Å²) in [6.45, 7) is 6.18. The van der Waals surface area contributed by atoms with E-state index in [1.807, 2.05) is 0 Å². The van der Waals surface area contributed by atoms with Gasteiger partial charge in [-0.15, -0.1) is 0 Å². The lowest BCUT2D eigenvalue weighted by molar-refractivity contribution is 0.809.